The zero-order valence-corrected chi connectivity index (χ0v) is 5.31. The van der Waals surface area contributed by atoms with E-state index < -0.39 is 0 Å². The van der Waals surface area contributed by atoms with E-state index in [2.05, 4.69) is 27.0 Å². The molecule has 0 fully saturated rings. The van der Waals surface area contributed by atoms with Gasteiger partial charge in [0.1, 0.15) is 6.33 Å². The van der Waals surface area contributed by atoms with E-state index in [1.165, 1.54) is 6.33 Å². The second-order valence-corrected chi connectivity index (χ2v) is 1.54. The quantitative estimate of drug-likeness (QED) is 0.420. The van der Waals surface area contributed by atoms with Crippen molar-refractivity contribution in [2.24, 2.45) is 0 Å². The number of H-pyrrole nitrogens is 1. The van der Waals surface area contributed by atoms with Crippen molar-refractivity contribution in [1.29, 1.82) is 0 Å². The third-order valence-corrected chi connectivity index (χ3v) is 0.822. The van der Waals surface area contributed by atoms with Crippen LogP contribution in [0.4, 0.5) is 0 Å². The molecule has 0 aliphatic heterocycles. The van der Waals surface area contributed by atoms with Gasteiger partial charge in [0.25, 0.3) is 0 Å². The number of aromatic nitrogens is 3. The highest BCUT2D eigenvalue weighted by Gasteiger charge is 1.82. The maximum Gasteiger partial charge on any atom is 0.200 e. The molecule has 9 heavy (non-hydrogen) atoms. The molecule has 1 heterocycles. The molecular weight excluding hydrogens is 138 g/mol. The number of aromatic amines is 1. The lowest BCUT2D eigenvalue weighted by molar-refractivity contribution is 1.08. The van der Waals surface area contributed by atoms with Crippen molar-refractivity contribution < 1.29 is 0 Å². The first-order valence-electron chi connectivity index (χ1n) is 2.33. The Balaban J connectivity index is 2.67. The first kappa shape index (κ1) is 6.12. The standard InChI is InChI=1S/C5H4ClN3/c6-3-1-2-5-7-4-8-9-5/h4H,3H2,(H,7,8,9). The first-order chi connectivity index (χ1) is 4.43. The Morgan fingerprint density at radius 1 is 1.78 bits per heavy atom. The fourth-order valence-electron chi connectivity index (χ4n) is 0.383. The van der Waals surface area contributed by atoms with Gasteiger partial charge in [0.05, 0.1) is 5.88 Å². The normalized spacial score (nSPS) is 8.11. The second kappa shape index (κ2) is 3.10. The van der Waals surface area contributed by atoms with Crippen LogP contribution >= 0.6 is 11.6 Å². The van der Waals surface area contributed by atoms with Crippen molar-refractivity contribution in [1.82, 2.24) is 15.2 Å². The van der Waals surface area contributed by atoms with Crippen LogP contribution in [-0.2, 0) is 0 Å². The molecule has 0 aliphatic carbocycles. The van der Waals surface area contributed by atoms with Gasteiger partial charge in [0.15, 0.2) is 0 Å². The molecule has 0 bridgehead atoms. The largest absolute Gasteiger partial charge is 0.253 e. The minimum absolute atomic E-state index is 0.320. The Morgan fingerprint density at radius 3 is 3.22 bits per heavy atom. The van der Waals surface area contributed by atoms with Gasteiger partial charge in [-0.25, -0.2) is 4.98 Å². The summed E-state index contributed by atoms with van der Waals surface area (Å²) in [6, 6.07) is 0. The molecule has 0 radical (unpaired) electrons. The lowest BCUT2D eigenvalue weighted by Crippen LogP contribution is -1.75. The number of alkyl halides is 1. The van der Waals surface area contributed by atoms with Crippen LogP contribution < -0.4 is 0 Å². The van der Waals surface area contributed by atoms with Crippen molar-refractivity contribution >= 4 is 11.6 Å². The van der Waals surface area contributed by atoms with E-state index in [4.69, 9.17) is 11.6 Å². The number of hydrogen-bond donors (Lipinski definition) is 1. The molecule has 1 N–H and O–H groups in total. The molecule has 4 heteroatoms. The minimum Gasteiger partial charge on any atom is -0.253 e. The molecule has 1 rings (SSSR count). The summed E-state index contributed by atoms with van der Waals surface area (Å²) in [5.74, 6) is 6.17. The van der Waals surface area contributed by atoms with E-state index in [0.717, 1.165) is 0 Å². The molecule has 1 aromatic rings. The van der Waals surface area contributed by atoms with E-state index in [-0.39, 0.29) is 0 Å². The molecule has 0 amide bonds. The number of halogens is 1. The highest BCUT2D eigenvalue weighted by molar-refractivity contribution is 6.19. The maximum absolute atomic E-state index is 5.28. The fourth-order valence-corrected chi connectivity index (χ4v) is 0.450. The van der Waals surface area contributed by atoms with Crippen molar-refractivity contribution in [3.8, 4) is 11.8 Å². The van der Waals surface area contributed by atoms with E-state index >= 15 is 0 Å². The highest BCUT2D eigenvalue weighted by Crippen LogP contribution is 1.78. The summed E-state index contributed by atoms with van der Waals surface area (Å²) in [4.78, 5) is 3.75. The van der Waals surface area contributed by atoms with Gasteiger partial charge in [-0.05, 0) is 5.92 Å². The van der Waals surface area contributed by atoms with Crippen LogP contribution in [0, 0.1) is 11.8 Å². The summed E-state index contributed by atoms with van der Waals surface area (Å²) < 4.78 is 0. The van der Waals surface area contributed by atoms with Gasteiger partial charge in [0.2, 0.25) is 5.82 Å². The van der Waals surface area contributed by atoms with Crippen molar-refractivity contribution in [2.45, 2.75) is 0 Å². The Morgan fingerprint density at radius 2 is 2.67 bits per heavy atom. The Bertz CT molecular complexity index is 218. The zero-order valence-electron chi connectivity index (χ0n) is 4.56. The number of nitrogens with zero attached hydrogens (tertiary/aromatic N) is 2. The predicted molar refractivity (Wildman–Crippen MR) is 34.0 cm³/mol. The minimum atomic E-state index is 0.320. The molecule has 0 aliphatic rings. The lowest BCUT2D eigenvalue weighted by atomic mass is 10.6. The van der Waals surface area contributed by atoms with Crippen molar-refractivity contribution in [2.75, 3.05) is 5.88 Å². The molecule has 46 valence electrons. The van der Waals surface area contributed by atoms with Crippen LogP contribution in [0.3, 0.4) is 0 Å². The van der Waals surface area contributed by atoms with Gasteiger partial charge in [0, 0.05) is 0 Å². The van der Waals surface area contributed by atoms with Crippen LogP contribution in [0.25, 0.3) is 0 Å². The third kappa shape index (κ3) is 1.74. The summed E-state index contributed by atoms with van der Waals surface area (Å²) >= 11 is 5.28. The maximum atomic E-state index is 5.28. The van der Waals surface area contributed by atoms with Crippen LogP contribution in [0.15, 0.2) is 6.33 Å². The molecule has 3 nitrogen and oxygen atoms in total. The monoisotopic (exact) mass is 141 g/mol. The first-order valence-corrected chi connectivity index (χ1v) is 2.87. The molecule has 0 spiro atoms. The SMILES string of the molecule is ClCC#Cc1ncn[nH]1. The second-order valence-electron chi connectivity index (χ2n) is 1.27. The van der Waals surface area contributed by atoms with Gasteiger partial charge in [-0.2, -0.15) is 5.10 Å². The van der Waals surface area contributed by atoms with Gasteiger partial charge < -0.3 is 0 Å². The Labute approximate surface area is 57.4 Å². The summed E-state index contributed by atoms with van der Waals surface area (Å²) in [6.45, 7) is 0. The van der Waals surface area contributed by atoms with Crippen LogP contribution in [-0.4, -0.2) is 21.1 Å². The van der Waals surface area contributed by atoms with Gasteiger partial charge in [-0.3, -0.25) is 5.10 Å². The van der Waals surface area contributed by atoms with E-state index in [0.29, 0.717) is 11.7 Å². The van der Waals surface area contributed by atoms with Gasteiger partial charge in [-0.15, -0.1) is 11.6 Å². The molecule has 0 saturated heterocycles. The molecule has 0 aromatic carbocycles. The molecule has 0 atom stereocenters. The van der Waals surface area contributed by atoms with Crippen molar-refractivity contribution in [3.05, 3.63) is 12.2 Å². The summed E-state index contributed by atoms with van der Waals surface area (Å²) in [6.07, 6.45) is 1.40. The lowest BCUT2D eigenvalue weighted by Gasteiger charge is -1.71. The molecular formula is C5H4ClN3. The smallest absolute Gasteiger partial charge is 0.200 e. The summed E-state index contributed by atoms with van der Waals surface area (Å²) in [5, 5.41) is 6.17. The van der Waals surface area contributed by atoms with Gasteiger partial charge >= 0.3 is 0 Å². The predicted octanol–water partition coefficient (Wildman–Crippen LogP) is 0.395. The average molecular weight is 142 g/mol. The topological polar surface area (TPSA) is 41.6 Å². The summed E-state index contributed by atoms with van der Waals surface area (Å²) in [5.41, 5.74) is 0. The number of hydrogen-bond acceptors (Lipinski definition) is 2. The third-order valence-electron chi connectivity index (χ3n) is 0.689. The molecule has 1 aromatic heterocycles. The van der Waals surface area contributed by atoms with E-state index in [1.807, 2.05) is 0 Å². The Hall–Kier alpha value is -1.01. The Kier molecular flexibility index (Phi) is 2.11. The zero-order chi connectivity index (χ0) is 6.53. The highest BCUT2D eigenvalue weighted by atomic mass is 35.5. The van der Waals surface area contributed by atoms with Gasteiger partial charge in [-0.1, -0.05) is 5.92 Å². The molecule has 0 saturated carbocycles. The van der Waals surface area contributed by atoms with E-state index in [1.54, 1.807) is 0 Å². The van der Waals surface area contributed by atoms with Crippen LogP contribution in [0.2, 0.25) is 0 Å². The molecule has 0 unspecified atom stereocenters. The number of nitrogens with one attached hydrogen (secondary N) is 1. The summed E-state index contributed by atoms with van der Waals surface area (Å²) in [7, 11) is 0. The van der Waals surface area contributed by atoms with E-state index in [9.17, 15) is 0 Å². The van der Waals surface area contributed by atoms with Crippen LogP contribution in [0.5, 0.6) is 0 Å². The van der Waals surface area contributed by atoms with Crippen molar-refractivity contribution in [3.63, 3.8) is 0 Å². The van der Waals surface area contributed by atoms with Crippen LogP contribution in [0.1, 0.15) is 5.82 Å². The fraction of sp³-hybridized carbons (Fsp3) is 0.200. The average Bonchev–Trinajstić information content (AvgIpc) is 2.34. The number of rotatable bonds is 0.